The third-order valence-corrected chi connectivity index (χ3v) is 14.7. The number of likely N-dealkylation sites (N-methyl/N-ethyl adjacent to an activating group) is 2. The zero-order chi connectivity index (χ0) is 37.8. The second-order valence-electron chi connectivity index (χ2n) is 13.0. The summed E-state index contributed by atoms with van der Waals surface area (Å²) in [6.45, 7) is 0. The van der Waals surface area contributed by atoms with Crippen LogP contribution in [0, 0.1) is 11.6 Å². The van der Waals surface area contributed by atoms with Crippen molar-refractivity contribution in [2.24, 2.45) is 0 Å². The molecule has 52 heavy (non-hydrogen) atoms. The van der Waals surface area contributed by atoms with Crippen molar-refractivity contribution in [3.8, 4) is 11.5 Å². The molecule has 2 aliphatic rings. The highest BCUT2D eigenvalue weighted by Gasteiger charge is 2.33. The Labute approximate surface area is 321 Å². The average Bonchev–Trinajstić information content (AvgIpc) is 3.89. The first-order valence-corrected chi connectivity index (χ1v) is 22.2. The van der Waals surface area contributed by atoms with Gasteiger partial charge in [-0.1, -0.05) is 23.2 Å². The molecule has 0 unspecified atom stereocenters. The van der Waals surface area contributed by atoms with Crippen molar-refractivity contribution in [2.45, 2.75) is 84.1 Å². The van der Waals surface area contributed by atoms with Crippen LogP contribution in [-0.2, 0) is 31.2 Å². The molecule has 2 fully saturated rings. The second kappa shape index (κ2) is 17.4. The lowest BCUT2D eigenvalue weighted by Crippen LogP contribution is -2.38. The van der Waals surface area contributed by atoms with Crippen LogP contribution in [0.3, 0.4) is 0 Å². The van der Waals surface area contributed by atoms with E-state index < -0.39 is 41.1 Å². The van der Waals surface area contributed by atoms with Gasteiger partial charge < -0.3 is 19.3 Å². The topological polar surface area (TPSA) is 119 Å². The fourth-order valence-corrected chi connectivity index (χ4v) is 11.6. The smallest absolute Gasteiger partial charge is 0.187 e. The third kappa shape index (κ3) is 10.00. The molecule has 4 aromatic rings. The number of sulfone groups is 2. The summed E-state index contributed by atoms with van der Waals surface area (Å²) < 4.78 is 90.9. The Morgan fingerprint density at radius 1 is 0.692 bits per heavy atom. The zero-order valence-corrected chi connectivity index (χ0v) is 33.7. The predicted molar refractivity (Wildman–Crippen MR) is 200 cm³/mol. The molecule has 2 saturated carbocycles. The molecular weight excluding hydrogens is 798 g/mol. The summed E-state index contributed by atoms with van der Waals surface area (Å²) in [6.07, 6.45) is 8.57. The van der Waals surface area contributed by atoms with Crippen molar-refractivity contribution in [2.75, 3.05) is 28.2 Å². The van der Waals surface area contributed by atoms with Crippen LogP contribution < -0.4 is 9.47 Å². The van der Waals surface area contributed by atoms with Crippen molar-refractivity contribution in [1.82, 2.24) is 19.8 Å². The van der Waals surface area contributed by atoms with E-state index in [2.05, 4.69) is 19.8 Å². The van der Waals surface area contributed by atoms with Gasteiger partial charge in [0.25, 0.3) is 0 Å². The minimum Gasteiger partial charge on any atom is -0.487 e. The molecule has 2 aliphatic carbocycles. The Balaban J connectivity index is 0.000000201. The number of thiazole rings is 2. The van der Waals surface area contributed by atoms with Crippen LogP contribution in [-0.4, -0.2) is 89.1 Å². The standard InChI is InChI=1S/2C17H20ClFN2O3S2/c2*1-21(2)13-4-3-5-14(13)24-15-9-12(19)16(8-11(15)18)26(22,23)10-17-20-6-7-25-17/h2*6-9,13-14H,3-5,10H2,1-2H3/t2*13-,14-/m10/s1. The molecular formula is C34H40Cl2F2N4O6S4. The highest BCUT2D eigenvalue weighted by atomic mass is 35.5. The van der Waals surface area contributed by atoms with Gasteiger partial charge in [-0.15, -0.1) is 22.7 Å². The fraction of sp³-hybridized carbons (Fsp3) is 0.471. The van der Waals surface area contributed by atoms with Gasteiger partial charge in [-0.25, -0.2) is 35.6 Å². The highest BCUT2D eigenvalue weighted by Crippen LogP contribution is 2.37. The van der Waals surface area contributed by atoms with Crippen LogP contribution in [0.25, 0.3) is 0 Å². The summed E-state index contributed by atoms with van der Waals surface area (Å²) in [7, 11) is 0.140. The average molecular weight is 838 g/mol. The fourth-order valence-electron chi connectivity index (χ4n) is 6.40. The summed E-state index contributed by atoms with van der Waals surface area (Å²) in [4.78, 5) is 11.2. The highest BCUT2D eigenvalue weighted by molar-refractivity contribution is 7.91. The Bertz CT molecular complexity index is 1890. The zero-order valence-electron chi connectivity index (χ0n) is 29.0. The quantitative estimate of drug-likeness (QED) is 0.142. The number of benzene rings is 2. The molecule has 2 aromatic heterocycles. The van der Waals surface area contributed by atoms with Crippen LogP contribution >= 0.6 is 45.9 Å². The second-order valence-corrected chi connectivity index (χ2v) is 19.7. The van der Waals surface area contributed by atoms with E-state index in [1.807, 2.05) is 28.2 Å². The molecule has 2 aromatic carbocycles. The summed E-state index contributed by atoms with van der Waals surface area (Å²) in [6, 6.07) is 4.86. The van der Waals surface area contributed by atoms with Gasteiger partial charge in [0.1, 0.15) is 66.7 Å². The molecule has 284 valence electrons. The van der Waals surface area contributed by atoms with Gasteiger partial charge in [0.05, 0.1) is 10.0 Å². The lowest BCUT2D eigenvalue weighted by atomic mass is 10.2. The van der Waals surface area contributed by atoms with Gasteiger partial charge in [-0.2, -0.15) is 0 Å². The number of hydrogen-bond donors (Lipinski definition) is 0. The van der Waals surface area contributed by atoms with Crippen molar-refractivity contribution in [3.63, 3.8) is 0 Å². The molecule has 0 radical (unpaired) electrons. The van der Waals surface area contributed by atoms with Gasteiger partial charge in [0.2, 0.25) is 0 Å². The van der Waals surface area contributed by atoms with Crippen LogP contribution in [0.15, 0.2) is 57.2 Å². The van der Waals surface area contributed by atoms with E-state index >= 15 is 0 Å². The SMILES string of the molecule is CN(C)[C@@H]1CCC[C@H]1Oc1cc(F)c(S(=O)(=O)Cc2nccs2)cc1Cl.CN(C)[C@H]1CCC[C@@H]1Oc1cc(F)c(S(=O)(=O)Cc2nccs2)cc1Cl. The molecule has 0 aliphatic heterocycles. The van der Waals surface area contributed by atoms with Crippen LogP contribution in [0.5, 0.6) is 11.5 Å². The number of hydrogen-bond acceptors (Lipinski definition) is 12. The summed E-state index contributed by atoms with van der Waals surface area (Å²) >= 11 is 14.8. The van der Waals surface area contributed by atoms with Gasteiger partial charge in [-0.05, 0) is 78.8 Å². The maximum absolute atomic E-state index is 14.5. The van der Waals surface area contributed by atoms with Crippen molar-refractivity contribution in [1.29, 1.82) is 0 Å². The molecule has 0 bridgehead atoms. The summed E-state index contributed by atoms with van der Waals surface area (Å²) in [5.74, 6) is -2.08. The molecule has 4 atom stereocenters. The molecule has 0 N–H and O–H groups in total. The van der Waals surface area contributed by atoms with Crippen LogP contribution in [0.2, 0.25) is 10.0 Å². The van der Waals surface area contributed by atoms with E-state index in [0.29, 0.717) is 10.0 Å². The van der Waals surface area contributed by atoms with E-state index in [0.717, 1.165) is 62.8 Å². The van der Waals surface area contributed by atoms with Gasteiger partial charge in [-0.3, -0.25) is 0 Å². The van der Waals surface area contributed by atoms with E-state index in [-0.39, 0.29) is 57.3 Å². The van der Waals surface area contributed by atoms with Crippen molar-refractivity contribution >= 4 is 65.5 Å². The predicted octanol–water partition coefficient (Wildman–Crippen LogP) is 7.54. The molecule has 0 saturated heterocycles. The Morgan fingerprint density at radius 2 is 1.08 bits per heavy atom. The van der Waals surface area contributed by atoms with Crippen molar-refractivity contribution < 1.29 is 35.1 Å². The molecule has 0 amide bonds. The van der Waals surface area contributed by atoms with E-state index in [4.69, 9.17) is 32.7 Å². The maximum atomic E-state index is 14.5. The monoisotopic (exact) mass is 836 g/mol. The first-order valence-electron chi connectivity index (χ1n) is 16.4. The maximum Gasteiger partial charge on any atom is 0.187 e. The largest absolute Gasteiger partial charge is 0.487 e. The van der Waals surface area contributed by atoms with E-state index in [1.54, 1.807) is 10.8 Å². The number of halogens is 4. The Morgan fingerprint density at radius 3 is 1.40 bits per heavy atom. The minimum atomic E-state index is -3.88. The van der Waals surface area contributed by atoms with Crippen LogP contribution in [0.4, 0.5) is 8.78 Å². The first-order chi connectivity index (χ1) is 24.6. The Hall–Kier alpha value is -2.44. The Kier molecular flexibility index (Phi) is 13.6. The number of aromatic nitrogens is 2. The number of rotatable bonds is 12. The summed E-state index contributed by atoms with van der Waals surface area (Å²) in [5.41, 5.74) is 0. The molecule has 2 heterocycles. The molecule has 6 rings (SSSR count). The minimum absolute atomic E-state index is 0.0912. The first kappa shape index (κ1) is 40.7. The lowest BCUT2D eigenvalue weighted by Gasteiger charge is -2.27. The van der Waals surface area contributed by atoms with Crippen LogP contribution in [0.1, 0.15) is 48.5 Å². The van der Waals surface area contributed by atoms with Crippen molar-refractivity contribution in [3.05, 3.63) is 79.1 Å². The summed E-state index contributed by atoms with van der Waals surface area (Å²) in [5, 5.41) is 4.34. The number of ether oxygens (including phenoxy) is 2. The van der Waals surface area contributed by atoms with Gasteiger partial charge in [0.15, 0.2) is 19.7 Å². The molecule has 10 nitrogen and oxygen atoms in total. The van der Waals surface area contributed by atoms with Gasteiger partial charge >= 0.3 is 0 Å². The molecule has 18 heteroatoms. The third-order valence-electron chi connectivity index (χ3n) is 8.96. The molecule has 0 spiro atoms. The lowest BCUT2D eigenvalue weighted by molar-refractivity contribution is 0.120. The normalized spacial score (nSPS) is 20.7. The van der Waals surface area contributed by atoms with Gasteiger partial charge in [0, 0.05) is 47.4 Å². The van der Waals surface area contributed by atoms with E-state index in [1.165, 1.54) is 35.1 Å². The number of nitrogens with zero attached hydrogens (tertiary/aromatic N) is 4. The van der Waals surface area contributed by atoms with E-state index in [9.17, 15) is 25.6 Å².